The van der Waals surface area contributed by atoms with Gasteiger partial charge in [0.1, 0.15) is 11.5 Å². The topological polar surface area (TPSA) is 46.5 Å². The molecular formula is C18H18O3. The summed E-state index contributed by atoms with van der Waals surface area (Å²) < 4.78 is 6.04. The molecule has 0 heterocycles. The van der Waals surface area contributed by atoms with Crippen LogP contribution in [0.1, 0.15) is 22.3 Å². The Morgan fingerprint density at radius 1 is 1.05 bits per heavy atom. The summed E-state index contributed by atoms with van der Waals surface area (Å²) in [6.07, 6.45) is 2.65. The molecule has 0 saturated carbocycles. The number of aliphatic carboxylic acids is 1. The fourth-order valence-electron chi connectivity index (χ4n) is 2.06. The quantitative estimate of drug-likeness (QED) is 0.840. The van der Waals surface area contributed by atoms with Crippen LogP contribution in [0.15, 0.2) is 42.5 Å². The summed E-state index contributed by atoms with van der Waals surface area (Å²) in [6, 6.07) is 11.5. The molecule has 21 heavy (non-hydrogen) atoms. The average Bonchev–Trinajstić information content (AvgIpc) is 2.46. The van der Waals surface area contributed by atoms with Gasteiger partial charge in [-0.2, -0.15) is 0 Å². The summed E-state index contributed by atoms with van der Waals surface area (Å²) >= 11 is 0. The predicted octanol–water partition coefficient (Wildman–Crippen LogP) is 4.50. The number of hydrogen-bond acceptors (Lipinski definition) is 2. The van der Waals surface area contributed by atoms with Gasteiger partial charge in [0.15, 0.2) is 0 Å². The minimum Gasteiger partial charge on any atom is -0.478 e. The van der Waals surface area contributed by atoms with Crippen LogP contribution in [-0.4, -0.2) is 11.1 Å². The summed E-state index contributed by atoms with van der Waals surface area (Å²) in [5.74, 6) is 0.491. The molecule has 0 aliphatic heterocycles. The number of rotatable bonds is 4. The molecule has 0 bridgehead atoms. The Hall–Kier alpha value is -2.55. The van der Waals surface area contributed by atoms with Crippen molar-refractivity contribution in [3.8, 4) is 11.5 Å². The van der Waals surface area contributed by atoms with Crippen LogP contribution >= 0.6 is 0 Å². The second kappa shape index (κ2) is 6.27. The van der Waals surface area contributed by atoms with Gasteiger partial charge in [-0.15, -0.1) is 0 Å². The Bertz CT molecular complexity index is 700. The molecular weight excluding hydrogens is 264 g/mol. The highest BCUT2D eigenvalue weighted by Crippen LogP contribution is 2.32. The molecule has 1 N–H and O–H groups in total. The van der Waals surface area contributed by atoms with Crippen molar-refractivity contribution >= 4 is 12.0 Å². The highest BCUT2D eigenvalue weighted by atomic mass is 16.5. The van der Waals surface area contributed by atoms with E-state index in [2.05, 4.69) is 6.07 Å². The second-order valence-electron chi connectivity index (χ2n) is 4.96. The fourth-order valence-corrected chi connectivity index (χ4v) is 2.06. The maximum absolute atomic E-state index is 10.7. The number of carboxylic acid groups (broad SMARTS) is 1. The monoisotopic (exact) mass is 282 g/mol. The molecule has 2 aromatic rings. The Kier molecular flexibility index (Phi) is 4.43. The van der Waals surface area contributed by atoms with Crippen LogP contribution in [-0.2, 0) is 4.79 Å². The number of benzene rings is 2. The zero-order valence-electron chi connectivity index (χ0n) is 12.4. The lowest BCUT2D eigenvalue weighted by Gasteiger charge is -2.15. The number of hydrogen-bond donors (Lipinski definition) is 1. The number of para-hydroxylation sites is 1. The zero-order valence-corrected chi connectivity index (χ0v) is 12.4. The first-order chi connectivity index (χ1) is 9.99. The van der Waals surface area contributed by atoms with Crippen LogP contribution in [0, 0.1) is 20.8 Å². The summed E-state index contributed by atoms with van der Waals surface area (Å²) in [5, 5.41) is 8.75. The smallest absolute Gasteiger partial charge is 0.328 e. The van der Waals surface area contributed by atoms with Gasteiger partial charge in [0.2, 0.25) is 0 Å². The van der Waals surface area contributed by atoms with E-state index in [9.17, 15) is 4.79 Å². The molecule has 0 amide bonds. The number of carboxylic acids is 1. The lowest BCUT2D eigenvalue weighted by Crippen LogP contribution is -1.95. The Balaban J connectivity index is 2.41. The van der Waals surface area contributed by atoms with Gasteiger partial charge in [-0.1, -0.05) is 30.3 Å². The maximum Gasteiger partial charge on any atom is 0.328 e. The maximum atomic E-state index is 10.7. The van der Waals surface area contributed by atoms with E-state index in [0.29, 0.717) is 5.75 Å². The van der Waals surface area contributed by atoms with Gasteiger partial charge in [-0.3, -0.25) is 0 Å². The Morgan fingerprint density at radius 3 is 2.43 bits per heavy atom. The van der Waals surface area contributed by atoms with Crippen LogP contribution in [0.4, 0.5) is 0 Å². The third-order valence-electron chi connectivity index (χ3n) is 3.41. The van der Waals surface area contributed by atoms with Gasteiger partial charge in [0, 0.05) is 11.6 Å². The summed E-state index contributed by atoms with van der Waals surface area (Å²) in [5.41, 5.74) is 4.04. The zero-order chi connectivity index (χ0) is 15.4. The van der Waals surface area contributed by atoms with Gasteiger partial charge in [0.25, 0.3) is 0 Å². The van der Waals surface area contributed by atoms with E-state index in [1.54, 1.807) is 0 Å². The largest absolute Gasteiger partial charge is 0.478 e. The van der Waals surface area contributed by atoms with Crippen molar-refractivity contribution < 1.29 is 14.6 Å². The molecule has 0 fully saturated rings. The van der Waals surface area contributed by atoms with E-state index < -0.39 is 5.97 Å². The molecule has 3 heteroatoms. The van der Waals surface area contributed by atoms with Crippen molar-refractivity contribution in [3.05, 3.63) is 64.7 Å². The van der Waals surface area contributed by atoms with E-state index in [0.717, 1.165) is 34.1 Å². The molecule has 0 aliphatic carbocycles. The summed E-state index contributed by atoms with van der Waals surface area (Å²) in [6.45, 7) is 6.06. The van der Waals surface area contributed by atoms with E-state index >= 15 is 0 Å². The highest BCUT2D eigenvalue weighted by Gasteiger charge is 2.09. The molecule has 0 aliphatic rings. The number of carbonyl (C=O) groups is 1. The SMILES string of the molecule is Cc1ccc(C)c(Oc2ccccc2/C=C\C(=O)O)c1C. The average molecular weight is 282 g/mol. The first-order valence-corrected chi connectivity index (χ1v) is 6.73. The van der Waals surface area contributed by atoms with Crippen molar-refractivity contribution in [2.45, 2.75) is 20.8 Å². The van der Waals surface area contributed by atoms with Gasteiger partial charge in [-0.05, 0) is 49.6 Å². The normalized spacial score (nSPS) is 10.8. The first-order valence-electron chi connectivity index (χ1n) is 6.73. The molecule has 0 saturated heterocycles. The summed E-state index contributed by atoms with van der Waals surface area (Å²) in [4.78, 5) is 10.7. The number of aryl methyl sites for hydroxylation is 2. The second-order valence-corrected chi connectivity index (χ2v) is 4.96. The molecule has 0 radical (unpaired) electrons. The van der Waals surface area contributed by atoms with E-state index in [1.165, 1.54) is 6.08 Å². The van der Waals surface area contributed by atoms with Gasteiger partial charge < -0.3 is 9.84 Å². The van der Waals surface area contributed by atoms with Gasteiger partial charge in [-0.25, -0.2) is 4.79 Å². The van der Waals surface area contributed by atoms with E-state index in [1.807, 2.05) is 51.1 Å². The molecule has 3 nitrogen and oxygen atoms in total. The van der Waals surface area contributed by atoms with Crippen LogP contribution in [0.3, 0.4) is 0 Å². The Morgan fingerprint density at radius 2 is 1.71 bits per heavy atom. The standard InChI is InChI=1S/C18H18O3/c1-12-8-9-13(2)18(14(12)3)21-16-7-5-4-6-15(16)10-11-17(19)20/h4-11H,1-3H3,(H,19,20)/b11-10-. The lowest BCUT2D eigenvalue weighted by atomic mass is 10.1. The van der Waals surface area contributed by atoms with Crippen molar-refractivity contribution in [1.29, 1.82) is 0 Å². The van der Waals surface area contributed by atoms with Crippen LogP contribution in [0.5, 0.6) is 11.5 Å². The molecule has 0 spiro atoms. The summed E-state index contributed by atoms with van der Waals surface area (Å²) in [7, 11) is 0. The molecule has 0 atom stereocenters. The molecule has 2 rings (SSSR count). The van der Waals surface area contributed by atoms with Crippen LogP contribution in [0.25, 0.3) is 6.08 Å². The molecule has 2 aromatic carbocycles. The van der Waals surface area contributed by atoms with Crippen LogP contribution < -0.4 is 4.74 Å². The minimum atomic E-state index is -0.979. The van der Waals surface area contributed by atoms with E-state index in [4.69, 9.17) is 9.84 Å². The van der Waals surface area contributed by atoms with Crippen molar-refractivity contribution in [2.24, 2.45) is 0 Å². The van der Waals surface area contributed by atoms with E-state index in [-0.39, 0.29) is 0 Å². The number of ether oxygens (including phenoxy) is 1. The fraction of sp³-hybridized carbons (Fsp3) is 0.167. The molecule has 0 unspecified atom stereocenters. The highest BCUT2D eigenvalue weighted by molar-refractivity contribution is 5.85. The van der Waals surface area contributed by atoms with Crippen molar-refractivity contribution in [1.82, 2.24) is 0 Å². The van der Waals surface area contributed by atoms with Gasteiger partial charge >= 0.3 is 5.97 Å². The molecule has 0 aromatic heterocycles. The molecule has 108 valence electrons. The lowest BCUT2D eigenvalue weighted by molar-refractivity contribution is -0.131. The minimum absolute atomic E-state index is 0.645. The third kappa shape index (κ3) is 3.51. The first kappa shape index (κ1) is 14.9. The van der Waals surface area contributed by atoms with Crippen molar-refractivity contribution in [2.75, 3.05) is 0 Å². The predicted molar refractivity (Wildman–Crippen MR) is 83.8 cm³/mol. The Labute approximate surface area is 124 Å². The third-order valence-corrected chi connectivity index (χ3v) is 3.41. The van der Waals surface area contributed by atoms with Gasteiger partial charge in [0.05, 0.1) is 0 Å². The van der Waals surface area contributed by atoms with Crippen molar-refractivity contribution in [3.63, 3.8) is 0 Å². The van der Waals surface area contributed by atoms with Crippen LogP contribution in [0.2, 0.25) is 0 Å².